The summed E-state index contributed by atoms with van der Waals surface area (Å²) in [6, 6.07) is 36.5. The van der Waals surface area contributed by atoms with Gasteiger partial charge in [-0.3, -0.25) is 0 Å². The maximum absolute atomic E-state index is 11.1. The van der Waals surface area contributed by atoms with E-state index in [4.69, 9.17) is 20.7 Å². The van der Waals surface area contributed by atoms with Crippen LogP contribution in [0, 0.1) is 0 Å². The van der Waals surface area contributed by atoms with Crippen LogP contribution >= 0.6 is 17.2 Å². The van der Waals surface area contributed by atoms with Crippen molar-refractivity contribution < 1.29 is 14.3 Å². The Morgan fingerprint density at radius 1 is 0.735 bits per heavy atom. The molecular formula is C29H28ClO3P. The van der Waals surface area contributed by atoms with E-state index < -0.39 is 5.96 Å². The normalized spacial score (nSPS) is 12.4. The van der Waals surface area contributed by atoms with Crippen LogP contribution in [0.5, 0.6) is 11.5 Å². The Kier molecular flexibility index (Phi) is 7.36. The Labute approximate surface area is 206 Å². The molecule has 0 spiro atoms. The van der Waals surface area contributed by atoms with Gasteiger partial charge in [0.15, 0.2) is 0 Å². The van der Waals surface area contributed by atoms with E-state index in [2.05, 4.69) is 72.8 Å². The van der Waals surface area contributed by atoms with Gasteiger partial charge in [-0.2, -0.15) is 0 Å². The quantitative estimate of drug-likeness (QED) is 0.156. The van der Waals surface area contributed by atoms with Crippen LogP contribution in [0.2, 0.25) is 0 Å². The van der Waals surface area contributed by atoms with Crippen molar-refractivity contribution in [2.45, 2.75) is 6.42 Å². The Morgan fingerprint density at radius 3 is 1.68 bits per heavy atom. The average Bonchev–Trinajstić information content (AvgIpc) is 2.92. The zero-order chi connectivity index (χ0) is 23.9. The van der Waals surface area contributed by atoms with Crippen LogP contribution in [0.4, 0.5) is 0 Å². The molecule has 0 saturated heterocycles. The number of carbonyl (C=O) groups excluding carboxylic acids is 1. The SMILES string of the molecule is COc1cc(C=O)ccc1OCCCP(Cl)(c1ccccc1)(c1ccccc1)c1ccccc1. The van der Waals surface area contributed by atoms with Crippen molar-refractivity contribution in [3.63, 3.8) is 0 Å². The molecule has 4 rings (SSSR count). The second-order valence-electron chi connectivity index (χ2n) is 8.14. The third kappa shape index (κ3) is 4.46. The van der Waals surface area contributed by atoms with E-state index in [1.165, 1.54) is 0 Å². The molecule has 0 bridgehead atoms. The van der Waals surface area contributed by atoms with Crippen LogP contribution in [0.25, 0.3) is 0 Å². The van der Waals surface area contributed by atoms with Crippen LogP contribution in [-0.2, 0) is 0 Å². The minimum absolute atomic E-state index is 0.466. The number of carbonyl (C=O) groups is 1. The van der Waals surface area contributed by atoms with Crippen molar-refractivity contribution in [1.29, 1.82) is 0 Å². The summed E-state index contributed by atoms with van der Waals surface area (Å²) in [4.78, 5) is 11.1. The monoisotopic (exact) mass is 490 g/mol. The average molecular weight is 491 g/mol. The summed E-state index contributed by atoms with van der Waals surface area (Å²) in [6.45, 7) is 0.466. The van der Waals surface area contributed by atoms with Crippen molar-refractivity contribution in [2.24, 2.45) is 0 Å². The van der Waals surface area contributed by atoms with Gasteiger partial charge >= 0.3 is 206 Å². The molecule has 0 aliphatic heterocycles. The van der Waals surface area contributed by atoms with Crippen molar-refractivity contribution in [3.05, 3.63) is 115 Å². The minimum atomic E-state index is -3.30. The molecule has 4 aromatic rings. The first-order chi connectivity index (χ1) is 16.6. The Hall–Kier alpha value is -3.13. The van der Waals surface area contributed by atoms with Gasteiger partial charge in [0, 0.05) is 0 Å². The van der Waals surface area contributed by atoms with E-state index in [1.807, 2.05) is 18.2 Å². The van der Waals surface area contributed by atoms with Gasteiger partial charge in [-0.1, -0.05) is 0 Å². The first kappa shape index (κ1) is 24.0. The number of hydrogen-bond acceptors (Lipinski definition) is 3. The number of aldehydes is 1. The van der Waals surface area contributed by atoms with Crippen molar-refractivity contribution in [3.8, 4) is 11.5 Å². The van der Waals surface area contributed by atoms with Crippen LogP contribution in [0.1, 0.15) is 16.8 Å². The molecule has 5 heteroatoms. The molecule has 0 aliphatic carbocycles. The van der Waals surface area contributed by atoms with Crippen LogP contribution < -0.4 is 25.4 Å². The number of methoxy groups -OCH3 is 1. The third-order valence-corrected chi connectivity index (χ3v) is 13.7. The van der Waals surface area contributed by atoms with E-state index in [0.717, 1.165) is 34.8 Å². The molecule has 0 aliphatic rings. The van der Waals surface area contributed by atoms with Gasteiger partial charge in [-0.25, -0.2) is 0 Å². The Morgan fingerprint density at radius 2 is 1.24 bits per heavy atom. The van der Waals surface area contributed by atoms with E-state index >= 15 is 0 Å². The number of benzene rings is 4. The van der Waals surface area contributed by atoms with Crippen molar-refractivity contribution >= 4 is 39.4 Å². The molecule has 0 aromatic heterocycles. The molecule has 3 nitrogen and oxygen atoms in total. The molecule has 0 atom stereocenters. The van der Waals surface area contributed by atoms with Gasteiger partial charge in [0.25, 0.3) is 0 Å². The molecule has 0 saturated carbocycles. The molecule has 0 N–H and O–H groups in total. The summed E-state index contributed by atoms with van der Waals surface area (Å²) < 4.78 is 11.5. The second kappa shape index (κ2) is 10.4. The van der Waals surface area contributed by atoms with Crippen LogP contribution in [0.3, 0.4) is 0 Å². The first-order valence-corrected chi connectivity index (χ1v) is 14.6. The molecule has 0 radical (unpaired) electrons. The Bertz CT molecular complexity index is 1130. The number of ether oxygens (including phenoxy) is 2. The zero-order valence-electron chi connectivity index (χ0n) is 19.1. The molecule has 0 unspecified atom stereocenters. The predicted molar refractivity (Wildman–Crippen MR) is 144 cm³/mol. The van der Waals surface area contributed by atoms with Gasteiger partial charge in [0.05, 0.1) is 0 Å². The summed E-state index contributed by atoms with van der Waals surface area (Å²) >= 11 is 8.07. The van der Waals surface area contributed by atoms with Crippen molar-refractivity contribution in [2.75, 3.05) is 19.9 Å². The van der Waals surface area contributed by atoms with Gasteiger partial charge in [-0.15, -0.1) is 0 Å². The Balaban J connectivity index is 1.71. The van der Waals surface area contributed by atoms with E-state index in [-0.39, 0.29) is 0 Å². The number of hydrogen-bond donors (Lipinski definition) is 0. The fourth-order valence-corrected chi connectivity index (χ4v) is 10.6. The summed E-state index contributed by atoms with van der Waals surface area (Å²) in [6.07, 6.45) is 2.27. The number of halogens is 1. The van der Waals surface area contributed by atoms with Gasteiger partial charge < -0.3 is 0 Å². The second-order valence-corrected chi connectivity index (χ2v) is 14.7. The van der Waals surface area contributed by atoms with Gasteiger partial charge in [0.1, 0.15) is 0 Å². The molecule has 0 amide bonds. The zero-order valence-corrected chi connectivity index (χ0v) is 20.8. The van der Waals surface area contributed by atoms with Crippen LogP contribution in [0.15, 0.2) is 109 Å². The summed E-state index contributed by atoms with van der Waals surface area (Å²) in [5.41, 5.74) is 0.548. The van der Waals surface area contributed by atoms with E-state index in [0.29, 0.717) is 23.7 Å². The van der Waals surface area contributed by atoms with Gasteiger partial charge in [-0.05, 0) is 0 Å². The molecule has 34 heavy (non-hydrogen) atoms. The van der Waals surface area contributed by atoms with Crippen LogP contribution in [-0.4, -0.2) is 26.2 Å². The maximum atomic E-state index is 11.1. The molecule has 4 aromatic carbocycles. The van der Waals surface area contributed by atoms with Gasteiger partial charge in [0.2, 0.25) is 0 Å². The number of rotatable bonds is 10. The summed E-state index contributed by atoms with van der Waals surface area (Å²) in [7, 11) is 1.57. The molecule has 0 heterocycles. The third-order valence-electron chi connectivity index (χ3n) is 6.19. The molecule has 0 fully saturated rings. The first-order valence-electron chi connectivity index (χ1n) is 11.3. The standard InChI is InChI=1S/C29H28ClO3P/c1-32-29-22-24(23-31)18-19-28(29)33-20-11-21-34(30,25-12-5-2-6-13-25,26-14-7-3-8-15-26)27-16-9-4-10-17-27/h2-10,12-19,22-23H,11,20-21H2,1H3. The molecular weight excluding hydrogens is 463 g/mol. The van der Waals surface area contributed by atoms with E-state index in [9.17, 15) is 4.79 Å². The molecule has 174 valence electrons. The summed E-state index contributed by atoms with van der Waals surface area (Å²) in [5.74, 6) is -2.14. The predicted octanol–water partition coefficient (Wildman–Crippen LogP) is 5.96. The summed E-state index contributed by atoms with van der Waals surface area (Å²) in [5, 5.41) is 3.42. The topological polar surface area (TPSA) is 35.5 Å². The fraction of sp³-hybridized carbons (Fsp3) is 0.138. The van der Waals surface area contributed by atoms with Crippen molar-refractivity contribution in [1.82, 2.24) is 0 Å². The van der Waals surface area contributed by atoms with E-state index in [1.54, 1.807) is 25.3 Å². The fourth-order valence-electron chi connectivity index (χ4n) is 4.47.